The van der Waals surface area contributed by atoms with E-state index in [1.165, 1.54) is 0 Å². The van der Waals surface area contributed by atoms with E-state index in [-0.39, 0.29) is 24.0 Å². The lowest BCUT2D eigenvalue weighted by Gasteiger charge is -2.25. The average molecular weight is 464 g/mol. The first-order valence-corrected chi connectivity index (χ1v) is 8.58. The van der Waals surface area contributed by atoms with Crippen molar-refractivity contribution in [1.82, 2.24) is 10.2 Å². The number of rotatable bonds is 9. The quantitative estimate of drug-likeness (QED) is 0.333. The van der Waals surface area contributed by atoms with Gasteiger partial charge in [0.05, 0.1) is 13.7 Å². The predicted octanol–water partition coefficient (Wildman–Crippen LogP) is 3.43. The van der Waals surface area contributed by atoms with Crippen LogP contribution in [0.3, 0.4) is 0 Å². The largest absolute Gasteiger partial charge is 0.493 e. The molecule has 0 aliphatic rings. The Morgan fingerprint density at radius 2 is 1.96 bits per heavy atom. The van der Waals surface area contributed by atoms with Gasteiger partial charge in [0.2, 0.25) is 0 Å². The van der Waals surface area contributed by atoms with E-state index in [1.54, 1.807) is 14.2 Å². The lowest BCUT2D eigenvalue weighted by Crippen LogP contribution is -2.40. The number of ether oxygens (including phenoxy) is 2. The summed E-state index contributed by atoms with van der Waals surface area (Å²) in [7, 11) is 3.40. The number of hydrogen-bond acceptors (Lipinski definition) is 4. The molecule has 6 nitrogen and oxygen atoms in total. The molecule has 1 aromatic carbocycles. The van der Waals surface area contributed by atoms with Gasteiger partial charge in [0.1, 0.15) is 0 Å². The third-order valence-electron chi connectivity index (χ3n) is 3.78. The standard InChI is InChI=1S/C18H32N4O2.HI/c1-7-22(14(3)4)12-11-20-18(19-5)21-15-9-10-16(24-8-2)17(13-15)23-6;/h9-10,13-14H,7-8,11-12H2,1-6H3,(H2,19,20,21);1H. The van der Waals surface area contributed by atoms with Crippen molar-refractivity contribution in [2.75, 3.05) is 45.7 Å². The van der Waals surface area contributed by atoms with Gasteiger partial charge in [0, 0.05) is 37.9 Å². The summed E-state index contributed by atoms with van der Waals surface area (Å²) in [6.45, 7) is 12.0. The van der Waals surface area contributed by atoms with Crippen molar-refractivity contribution in [3.63, 3.8) is 0 Å². The lowest BCUT2D eigenvalue weighted by molar-refractivity contribution is 0.237. The van der Waals surface area contributed by atoms with E-state index in [9.17, 15) is 0 Å². The van der Waals surface area contributed by atoms with Gasteiger partial charge in [-0.05, 0) is 39.4 Å². The Hall–Kier alpha value is -1.22. The molecule has 0 fully saturated rings. The molecule has 0 aliphatic heterocycles. The molecule has 0 unspecified atom stereocenters. The van der Waals surface area contributed by atoms with E-state index in [1.807, 2.05) is 25.1 Å². The number of aliphatic imine (C=N–C) groups is 1. The van der Waals surface area contributed by atoms with Crippen LogP contribution in [-0.4, -0.2) is 57.3 Å². The van der Waals surface area contributed by atoms with Gasteiger partial charge < -0.3 is 20.1 Å². The minimum absolute atomic E-state index is 0. The highest BCUT2D eigenvalue weighted by molar-refractivity contribution is 14.0. The number of methoxy groups -OCH3 is 1. The zero-order valence-electron chi connectivity index (χ0n) is 16.3. The molecule has 0 spiro atoms. The molecule has 1 rings (SSSR count). The van der Waals surface area contributed by atoms with Crippen LogP contribution in [0.4, 0.5) is 5.69 Å². The highest BCUT2D eigenvalue weighted by Gasteiger charge is 2.08. The summed E-state index contributed by atoms with van der Waals surface area (Å²) >= 11 is 0. The molecule has 0 atom stereocenters. The molecule has 2 N–H and O–H groups in total. The van der Waals surface area contributed by atoms with Gasteiger partial charge in [0.25, 0.3) is 0 Å². The van der Waals surface area contributed by atoms with Crippen molar-refractivity contribution >= 4 is 35.6 Å². The van der Waals surface area contributed by atoms with E-state index in [4.69, 9.17) is 9.47 Å². The summed E-state index contributed by atoms with van der Waals surface area (Å²) < 4.78 is 10.9. The fourth-order valence-corrected chi connectivity index (χ4v) is 2.44. The molecule has 0 aliphatic carbocycles. The Bertz CT molecular complexity index is 524. The van der Waals surface area contributed by atoms with Crippen LogP contribution in [0.2, 0.25) is 0 Å². The molecule has 0 saturated carbocycles. The summed E-state index contributed by atoms with van der Waals surface area (Å²) in [5.74, 6) is 2.18. The number of halogens is 1. The number of anilines is 1. The number of benzene rings is 1. The summed E-state index contributed by atoms with van der Waals surface area (Å²) in [5, 5.41) is 6.62. The Balaban J connectivity index is 0.00000576. The van der Waals surface area contributed by atoms with Crippen LogP contribution in [0.5, 0.6) is 11.5 Å². The van der Waals surface area contributed by atoms with Gasteiger partial charge in [0.15, 0.2) is 17.5 Å². The molecular weight excluding hydrogens is 431 g/mol. The minimum atomic E-state index is 0. The van der Waals surface area contributed by atoms with E-state index >= 15 is 0 Å². The van der Waals surface area contributed by atoms with Gasteiger partial charge in [-0.25, -0.2) is 0 Å². The van der Waals surface area contributed by atoms with Crippen LogP contribution in [0.25, 0.3) is 0 Å². The van der Waals surface area contributed by atoms with Gasteiger partial charge in [-0.15, -0.1) is 24.0 Å². The van der Waals surface area contributed by atoms with E-state index in [0.29, 0.717) is 18.4 Å². The van der Waals surface area contributed by atoms with Crippen molar-refractivity contribution in [2.24, 2.45) is 4.99 Å². The number of nitrogens with zero attached hydrogens (tertiary/aromatic N) is 2. The van der Waals surface area contributed by atoms with E-state index in [2.05, 4.69) is 41.3 Å². The van der Waals surface area contributed by atoms with Crippen LogP contribution in [0.15, 0.2) is 23.2 Å². The molecule has 0 heterocycles. The van der Waals surface area contributed by atoms with Gasteiger partial charge in [-0.1, -0.05) is 6.92 Å². The maximum absolute atomic E-state index is 5.54. The van der Waals surface area contributed by atoms with Gasteiger partial charge in [-0.3, -0.25) is 9.89 Å². The molecule has 144 valence electrons. The first-order chi connectivity index (χ1) is 11.5. The fourth-order valence-electron chi connectivity index (χ4n) is 2.44. The van der Waals surface area contributed by atoms with Crippen molar-refractivity contribution in [3.8, 4) is 11.5 Å². The highest BCUT2D eigenvalue weighted by atomic mass is 127. The fraction of sp³-hybridized carbons (Fsp3) is 0.611. The normalized spacial score (nSPS) is 11.3. The first kappa shape index (κ1) is 23.8. The first-order valence-electron chi connectivity index (χ1n) is 8.58. The van der Waals surface area contributed by atoms with Crippen molar-refractivity contribution < 1.29 is 9.47 Å². The minimum Gasteiger partial charge on any atom is -0.493 e. The smallest absolute Gasteiger partial charge is 0.195 e. The zero-order valence-corrected chi connectivity index (χ0v) is 18.6. The topological polar surface area (TPSA) is 58.1 Å². The summed E-state index contributed by atoms with van der Waals surface area (Å²) in [6, 6.07) is 6.30. The van der Waals surface area contributed by atoms with E-state index in [0.717, 1.165) is 37.0 Å². The number of nitrogens with one attached hydrogen (secondary N) is 2. The van der Waals surface area contributed by atoms with Crippen molar-refractivity contribution in [3.05, 3.63) is 18.2 Å². The predicted molar refractivity (Wildman–Crippen MR) is 117 cm³/mol. The molecule has 7 heteroatoms. The summed E-state index contributed by atoms with van der Waals surface area (Å²) in [4.78, 5) is 6.67. The van der Waals surface area contributed by atoms with Crippen LogP contribution < -0.4 is 20.1 Å². The third kappa shape index (κ3) is 8.13. The Labute approximate surface area is 169 Å². The van der Waals surface area contributed by atoms with Crippen LogP contribution >= 0.6 is 24.0 Å². The summed E-state index contributed by atoms with van der Waals surface area (Å²) in [5.41, 5.74) is 0.902. The maximum atomic E-state index is 5.54. The molecular formula is C18H33IN4O2. The summed E-state index contributed by atoms with van der Waals surface area (Å²) in [6.07, 6.45) is 0. The lowest BCUT2D eigenvalue weighted by atomic mass is 10.2. The molecule has 1 aromatic rings. The molecule has 0 amide bonds. The number of hydrogen-bond donors (Lipinski definition) is 2. The zero-order chi connectivity index (χ0) is 17.9. The molecule has 25 heavy (non-hydrogen) atoms. The molecule has 0 saturated heterocycles. The molecule has 0 aromatic heterocycles. The second-order valence-corrected chi connectivity index (χ2v) is 5.64. The van der Waals surface area contributed by atoms with Crippen LogP contribution in [-0.2, 0) is 0 Å². The van der Waals surface area contributed by atoms with Crippen molar-refractivity contribution in [1.29, 1.82) is 0 Å². The molecule has 0 bridgehead atoms. The monoisotopic (exact) mass is 464 g/mol. The number of guanidine groups is 1. The average Bonchev–Trinajstić information content (AvgIpc) is 2.58. The maximum Gasteiger partial charge on any atom is 0.195 e. The Morgan fingerprint density at radius 1 is 1.24 bits per heavy atom. The van der Waals surface area contributed by atoms with Crippen molar-refractivity contribution in [2.45, 2.75) is 33.7 Å². The highest BCUT2D eigenvalue weighted by Crippen LogP contribution is 2.30. The van der Waals surface area contributed by atoms with Crippen LogP contribution in [0.1, 0.15) is 27.7 Å². The molecule has 0 radical (unpaired) electrons. The Morgan fingerprint density at radius 3 is 2.48 bits per heavy atom. The second-order valence-electron chi connectivity index (χ2n) is 5.64. The third-order valence-corrected chi connectivity index (χ3v) is 3.78. The van der Waals surface area contributed by atoms with Crippen LogP contribution in [0, 0.1) is 0 Å². The van der Waals surface area contributed by atoms with E-state index < -0.39 is 0 Å². The van der Waals surface area contributed by atoms with Gasteiger partial charge in [-0.2, -0.15) is 0 Å². The van der Waals surface area contributed by atoms with Gasteiger partial charge >= 0.3 is 0 Å². The SMILES string of the molecule is CCOc1ccc(NC(=NC)NCCN(CC)C(C)C)cc1OC.I. The Kier molecular flexibility index (Phi) is 12.4. The number of likely N-dealkylation sites (N-methyl/N-ethyl adjacent to an activating group) is 1. The second kappa shape index (κ2) is 13.0.